The maximum absolute atomic E-state index is 6.01. The predicted molar refractivity (Wildman–Crippen MR) is 83.9 cm³/mol. The summed E-state index contributed by atoms with van der Waals surface area (Å²) >= 11 is 6.01. The highest BCUT2D eigenvalue weighted by Gasteiger charge is 2.05. The van der Waals surface area contributed by atoms with Crippen LogP contribution < -0.4 is 10.6 Å². The molecule has 3 heteroatoms. The van der Waals surface area contributed by atoms with Gasteiger partial charge in [-0.3, -0.25) is 0 Å². The van der Waals surface area contributed by atoms with Crippen molar-refractivity contribution in [2.24, 2.45) is 0 Å². The highest BCUT2D eigenvalue weighted by atomic mass is 35.5. The van der Waals surface area contributed by atoms with Gasteiger partial charge in [0.25, 0.3) is 0 Å². The van der Waals surface area contributed by atoms with Crippen molar-refractivity contribution in [1.29, 1.82) is 0 Å². The predicted octanol–water partition coefficient (Wildman–Crippen LogP) is 3.99. The molecule has 0 amide bonds. The molecule has 0 bridgehead atoms. The van der Waals surface area contributed by atoms with Crippen molar-refractivity contribution in [3.05, 3.63) is 59.1 Å². The Morgan fingerprint density at radius 3 is 2.58 bits per heavy atom. The fourth-order valence-corrected chi connectivity index (χ4v) is 2.30. The molecule has 0 aliphatic rings. The summed E-state index contributed by atoms with van der Waals surface area (Å²) in [6.45, 7) is 0.958. The Hall–Kier alpha value is -1.67. The van der Waals surface area contributed by atoms with Crippen molar-refractivity contribution < 1.29 is 0 Å². The number of rotatable bonds is 5. The molecule has 0 spiro atoms. The van der Waals surface area contributed by atoms with Gasteiger partial charge in [0.05, 0.1) is 11.4 Å². The molecule has 2 aromatic rings. The Morgan fingerprint density at radius 2 is 1.84 bits per heavy atom. The number of anilines is 2. The Balaban J connectivity index is 1.91. The van der Waals surface area contributed by atoms with E-state index in [-0.39, 0.29) is 0 Å². The highest BCUT2D eigenvalue weighted by Crippen LogP contribution is 2.26. The van der Waals surface area contributed by atoms with Gasteiger partial charge in [-0.2, -0.15) is 0 Å². The van der Waals surface area contributed by atoms with E-state index in [2.05, 4.69) is 29.2 Å². The van der Waals surface area contributed by atoms with Crippen molar-refractivity contribution in [3.63, 3.8) is 0 Å². The van der Waals surface area contributed by atoms with Crippen molar-refractivity contribution in [2.45, 2.75) is 12.8 Å². The van der Waals surface area contributed by atoms with Gasteiger partial charge in [0.1, 0.15) is 0 Å². The number of benzene rings is 2. The van der Waals surface area contributed by atoms with Crippen LogP contribution in [0.15, 0.2) is 48.5 Å². The molecular formula is C16H19ClN2. The molecule has 0 aromatic heterocycles. The third-order valence-corrected chi connectivity index (χ3v) is 3.44. The lowest BCUT2D eigenvalue weighted by Crippen LogP contribution is -2.20. The summed E-state index contributed by atoms with van der Waals surface area (Å²) in [5.41, 5.74) is 9.11. The van der Waals surface area contributed by atoms with Gasteiger partial charge < -0.3 is 10.6 Å². The van der Waals surface area contributed by atoms with Crippen LogP contribution in [0.1, 0.15) is 12.0 Å². The lowest BCUT2D eigenvalue weighted by atomic mass is 10.1. The standard InChI is InChI=1S/C16H19ClN2/c1-19(16-12-14(17)9-10-15(16)18)11-5-8-13-6-3-2-4-7-13/h2-4,6-7,9-10,12H,5,8,11,18H2,1H3. The van der Waals surface area contributed by atoms with Gasteiger partial charge in [-0.15, -0.1) is 0 Å². The maximum Gasteiger partial charge on any atom is 0.0612 e. The second-order valence-corrected chi connectivity index (χ2v) is 5.15. The van der Waals surface area contributed by atoms with E-state index in [9.17, 15) is 0 Å². The Labute approximate surface area is 119 Å². The van der Waals surface area contributed by atoms with Gasteiger partial charge in [0.15, 0.2) is 0 Å². The molecule has 2 rings (SSSR count). The van der Waals surface area contributed by atoms with Crippen LogP contribution in [0.5, 0.6) is 0 Å². The number of nitrogen functional groups attached to an aromatic ring is 1. The zero-order chi connectivity index (χ0) is 13.7. The number of hydrogen-bond donors (Lipinski definition) is 1. The molecule has 0 radical (unpaired) electrons. The number of hydrogen-bond acceptors (Lipinski definition) is 2. The minimum atomic E-state index is 0.721. The van der Waals surface area contributed by atoms with E-state index in [1.54, 1.807) is 0 Å². The van der Waals surface area contributed by atoms with Crippen molar-refractivity contribution in [2.75, 3.05) is 24.2 Å². The average molecular weight is 275 g/mol. The molecule has 0 unspecified atom stereocenters. The van der Waals surface area contributed by atoms with Crippen molar-refractivity contribution in [1.82, 2.24) is 0 Å². The first-order valence-corrected chi connectivity index (χ1v) is 6.84. The van der Waals surface area contributed by atoms with Crippen LogP contribution in [0.2, 0.25) is 5.02 Å². The van der Waals surface area contributed by atoms with Gasteiger partial charge in [0, 0.05) is 18.6 Å². The number of halogens is 1. The van der Waals surface area contributed by atoms with Crippen LogP contribution in [0.3, 0.4) is 0 Å². The summed E-state index contributed by atoms with van der Waals surface area (Å²) in [5, 5.41) is 0.721. The average Bonchev–Trinajstić information content (AvgIpc) is 2.42. The molecule has 0 saturated carbocycles. The molecule has 0 aliphatic carbocycles. The van der Waals surface area contributed by atoms with Gasteiger partial charge in [-0.05, 0) is 36.6 Å². The van der Waals surface area contributed by atoms with E-state index >= 15 is 0 Å². The summed E-state index contributed by atoms with van der Waals surface area (Å²) in [5.74, 6) is 0. The minimum Gasteiger partial charge on any atom is -0.397 e. The maximum atomic E-state index is 6.01. The first-order chi connectivity index (χ1) is 9.16. The smallest absolute Gasteiger partial charge is 0.0612 e. The minimum absolute atomic E-state index is 0.721. The highest BCUT2D eigenvalue weighted by molar-refractivity contribution is 6.31. The summed E-state index contributed by atoms with van der Waals surface area (Å²) in [6.07, 6.45) is 2.16. The molecular weight excluding hydrogens is 256 g/mol. The second kappa shape index (κ2) is 6.48. The lowest BCUT2D eigenvalue weighted by molar-refractivity contribution is 0.786. The zero-order valence-corrected chi connectivity index (χ0v) is 11.9. The topological polar surface area (TPSA) is 29.3 Å². The monoisotopic (exact) mass is 274 g/mol. The molecule has 0 heterocycles. The number of nitrogens with two attached hydrogens (primary N) is 1. The van der Waals surface area contributed by atoms with Crippen LogP contribution in [0.25, 0.3) is 0 Å². The van der Waals surface area contributed by atoms with Crippen molar-refractivity contribution >= 4 is 23.0 Å². The Morgan fingerprint density at radius 1 is 1.11 bits per heavy atom. The van der Waals surface area contributed by atoms with Crippen LogP contribution in [0, 0.1) is 0 Å². The summed E-state index contributed by atoms with van der Waals surface area (Å²) in [4.78, 5) is 2.16. The SMILES string of the molecule is CN(CCCc1ccccc1)c1cc(Cl)ccc1N. The molecule has 2 nitrogen and oxygen atoms in total. The first-order valence-electron chi connectivity index (χ1n) is 6.47. The van der Waals surface area contributed by atoms with E-state index in [0.29, 0.717) is 0 Å². The van der Waals surface area contributed by atoms with Gasteiger partial charge in [-0.1, -0.05) is 41.9 Å². The molecule has 0 atom stereocenters. The molecule has 0 aliphatic heterocycles. The Kier molecular flexibility index (Phi) is 4.69. The molecule has 0 fully saturated rings. The van der Waals surface area contributed by atoms with Gasteiger partial charge in [-0.25, -0.2) is 0 Å². The number of aryl methyl sites for hydroxylation is 1. The zero-order valence-electron chi connectivity index (χ0n) is 11.1. The summed E-state index contributed by atoms with van der Waals surface area (Å²) < 4.78 is 0. The molecule has 19 heavy (non-hydrogen) atoms. The summed E-state index contributed by atoms with van der Waals surface area (Å²) in [7, 11) is 2.05. The van der Waals surface area contributed by atoms with E-state index in [0.717, 1.165) is 35.8 Å². The van der Waals surface area contributed by atoms with Crippen molar-refractivity contribution in [3.8, 4) is 0 Å². The van der Waals surface area contributed by atoms with Crippen LogP contribution >= 0.6 is 11.6 Å². The van der Waals surface area contributed by atoms with E-state index in [1.807, 2.05) is 31.3 Å². The third kappa shape index (κ3) is 3.90. The van der Waals surface area contributed by atoms with Crippen LogP contribution in [-0.2, 0) is 6.42 Å². The quantitative estimate of drug-likeness (QED) is 0.836. The Bertz CT molecular complexity index is 526. The van der Waals surface area contributed by atoms with E-state index in [1.165, 1.54) is 5.56 Å². The molecule has 2 aromatic carbocycles. The molecule has 100 valence electrons. The van der Waals surface area contributed by atoms with E-state index in [4.69, 9.17) is 17.3 Å². The first kappa shape index (κ1) is 13.8. The molecule has 0 saturated heterocycles. The number of nitrogens with zero attached hydrogens (tertiary/aromatic N) is 1. The lowest BCUT2D eigenvalue weighted by Gasteiger charge is -2.21. The van der Waals surface area contributed by atoms with Gasteiger partial charge in [0.2, 0.25) is 0 Å². The fourth-order valence-electron chi connectivity index (χ4n) is 2.13. The fraction of sp³-hybridized carbons (Fsp3) is 0.250. The summed E-state index contributed by atoms with van der Waals surface area (Å²) in [6, 6.07) is 16.1. The van der Waals surface area contributed by atoms with Crippen LogP contribution in [0.4, 0.5) is 11.4 Å². The van der Waals surface area contributed by atoms with Crippen LogP contribution in [-0.4, -0.2) is 13.6 Å². The van der Waals surface area contributed by atoms with E-state index < -0.39 is 0 Å². The third-order valence-electron chi connectivity index (χ3n) is 3.21. The largest absolute Gasteiger partial charge is 0.397 e. The second-order valence-electron chi connectivity index (χ2n) is 4.71. The normalized spacial score (nSPS) is 10.4. The molecule has 2 N–H and O–H groups in total. The van der Waals surface area contributed by atoms with Gasteiger partial charge >= 0.3 is 0 Å².